The van der Waals surface area contributed by atoms with Crippen LogP contribution in [0.1, 0.15) is 55.8 Å². The molecule has 0 unspecified atom stereocenters. The average molecular weight is 498 g/mol. The number of hydrogen-bond donors (Lipinski definition) is 1. The van der Waals surface area contributed by atoms with Crippen molar-refractivity contribution in [2.45, 2.75) is 58.5 Å². The van der Waals surface area contributed by atoms with Crippen molar-refractivity contribution < 1.29 is 19.1 Å². The third kappa shape index (κ3) is 4.54. The van der Waals surface area contributed by atoms with E-state index in [-0.39, 0.29) is 16.8 Å². The van der Waals surface area contributed by atoms with Crippen LogP contribution >= 0.6 is 11.6 Å². The fourth-order valence-corrected chi connectivity index (χ4v) is 5.78. The average Bonchev–Trinajstić information content (AvgIpc) is 3.16. The van der Waals surface area contributed by atoms with E-state index in [1.165, 1.54) is 11.6 Å². The second-order valence-electron chi connectivity index (χ2n) is 10.2. The molecule has 1 N–H and O–H groups in total. The molecule has 1 aliphatic heterocycles. The van der Waals surface area contributed by atoms with E-state index in [0.29, 0.717) is 38.9 Å². The maximum Gasteiger partial charge on any atom is 0.309 e. The van der Waals surface area contributed by atoms with Crippen LogP contribution < -0.4 is 0 Å². The van der Waals surface area contributed by atoms with Crippen LogP contribution in [0.3, 0.4) is 0 Å². The molecule has 0 spiro atoms. The molecule has 2 aromatic heterocycles. The number of carboxylic acid groups (broad SMARTS) is 1. The van der Waals surface area contributed by atoms with Gasteiger partial charge in [-0.05, 0) is 80.3 Å². The second kappa shape index (κ2) is 9.26. The van der Waals surface area contributed by atoms with Gasteiger partial charge in [0.25, 0.3) is 0 Å². The van der Waals surface area contributed by atoms with Gasteiger partial charge < -0.3 is 14.6 Å². The number of aromatic nitrogens is 2. The molecule has 1 saturated carbocycles. The van der Waals surface area contributed by atoms with Crippen molar-refractivity contribution in [2.24, 2.45) is 11.3 Å². The van der Waals surface area contributed by atoms with Gasteiger partial charge in [0.2, 0.25) is 5.91 Å². The molecule has 8 heteroatoms. The number of aliphatic carboxylic acids is 1. The maximum atomic E-state index is 13.7. The van der Waals surface area contributed by atoms with Gasteiger partial charge in [-0.2, -0.15) is 0 Å². The number of benzene rings is 1. The minimum Gasteiger partial charge on any atom is -0.481 e. The lowest BCUT2D eigenvalue weighted by atomic mass is 9.71. The van der Waals surface area contributed by atoms with Crippen molar-refractivity contribution in [1.29, 1.82) is 0 Å². The summed E-state index contributed by atoms with van der Waals surface area (Å²) in [5.74, 6) is -0.842. The predicted octanol–water partition coefficient (Wildman–Crippen LogP) is 5.43. The van der Waals surface area contributed by atoms with E-state index in [2.05, 4.69) is 15.6 Å². The van der Waals surface area contributed by atoms with Crippen molar-refractivity contribution in [3.05, 3.63) is 64.2 Å². The van der Waals surface area contributed by atoms with Gasteiger partial charge in [-0.15, -0.1) is 0 Å². The third-order valence-electron chi connectivity index (χ3n) is 7.88. The molecule has 35 heavy (non-hydrogen) atoms. The van der Waals surface area contributed by atoms with E-state index in [1.807, 2.05) is 11.0 Å². The summed E-state index contributed by atoms with van der Waals surface area (Å²) in [6.07, 6.45) is 5.74. The van der Waals surface area contributed by atoms with Gasteiger partial charge in [0.15, 0.2) is 0 Å². The van der Waals surface area contributed by atoms with Crippen LogP contribution in [0.15, 0.2) is 36.5 Å². The molecular weight excluding hydrogens is 469 g/mol. The number of fused-ring (bicyclic) bond motifs is 3. The normalized spacial score (nSPS) is 22.3. The van der Waals surface area contributed by atoms with Crippen LogP contribution in [0.25, 0.3) is 11.0 Å². The predicted molar refractivity (Wildman–Crippen MR) is 132 cm³/mol. The number of halogens is 2. The zero-order valence-corrected chi connectivity index (χ0v) is 20.5. The zero-order valence-electron chi connectivity index (χ0n) is 19.8. The Kier molecular flexibility index (Phi) is 6.30. The molecule has 1 aliphatic carbocycles. The van der Waals surface area contributed by atoms with Gasteiger partial charge in [-0.25, -0.2) is 9.37 Å². The molecule has 3 heterocycles. The van der Waals surface area contributed by atoms with E-state index in [9.17, 15) is 19.1 Å². The Morgan fingerprint density at radius 3 is 2.74 bits per heavy atom. The Labute approximate surface area is 208 Å². The second-order valence-corrected chi connectivity index (χ2v) is 10.6. The van der Waals surface area contributed by atoms with Crippen LogP contribution in [0.4, 0.5) is 4.39 Å². The summed E-state index contributed by atoms with van der Waals surface area (Å²) in [4.78, 5) is 31.3. The summed E-state index contributed by atoms with van der Waals surface area (Å²) in [5.41, 5.74) is 3.32. The van der Waals surface area contributed by atoms with Gasteiger partial charge in [-0.1, -0.05) is 17.7 Å². The smallest absolute Gasteiger partial charge is 0.309 e. The highest BCUT2D eigenvalue weighted by Gasteiger charge is 2.38. The van der Waals surface area contributed by atoms with Gasteiger partial charge in [-0.3, -0.25) is 9.59 Å². The van der Waals surface area contributed by atoms with Gasteiger partial charge in [0.1, 0.15) is 11.5 Å². The van der Waals surface area contributed by atoms with Crippen LogP contribution in [0, 0.1) is 17.2 Å². The van der Waals surface area contributed by atoms with Crippen molar-refractivity contribution in [3.8, 4) is 0 Å². The molecule has 1 fully saturated rings. The molecule has 5 rings (SSSR count). The first-order valence-corrected chi connectivity index (χ1v) is 12.5. The van der Waals surface area contributed by atoms with Crippen LogP contribution in [-0.4, -0.2) is 38.0 Å². The number of carbonyl (C=O) groups excluding carboxylic acids is 1. The fraction of sp³-hybridized carbons (Fsp3) is 0.444. The highest BCUT2D eigenvalue weighted by Crippen LogP contribution is 2.40. The number of amides is 1. The van der Waals surface area contributed by atoms with E-state index < -0.39 is 17.2 Å². The number of carboxylic acids is 1. The Morgan fingerprint density at radius 2 is 2.03 bits per heavy atom. The summed E-state index contributed by atoms with van der Waals surface area (Å²) in [5, 5.41) is 10.6. The summed E-state index contributed by atoms with van der Waals surface area (Å²) in [6, 6.07) is 8.72. The quantitative estimate of drug-likeness (QED) is 0.509. The lowest BCUT2D eigenvalue weighted by Crippen LogP contribution is -2.39. The molecule has 6 nitrogen and oxygen atoms in total. The summed E-state index contributed by atoms with van der Waals surface area (Å²) in [6.45, 7) is 3.45. The van der Waals surface area contributed by atoms with Gasteiger partial charge >= 0.3 is 5.97 Å². The minimum atomic E-state index is -0.741. The number of nitrogens with zero attached hydrogens (tertiary/aromatic N) is 3. The first-order chi connectivity index (χ1) is 16.7. The summed E-state index contributed by atoms with van der Waals surface area (Å²) >= 11 is 6.02. The highest BCUT2D eigenvalue weighted by atomic mass is 35.5. The molecule has 184 valence electrons. The largest absolute Gasteiger partial charge is 0.481 e. The number of hydrogen-bond acceptors (Lipinski definition) is 3. The number of rotatable bonds is 5. The van der Waals surface area contributed by atoms with E-state index >= 15 is 0 Å². The van der Waals surface area contributed by atoms with E-state index in [4.69, 9.17) is 11.6 Å². The van der Waals surface area contributed by atoms with Crippen LogP contribution in [0.2, 0.25) is 5.02 Å². The summed E-state index contributed by atoms with van der Waals surface area (Å²) < 4.78 is 15.8. The lowest BCUT2D eigenvalue weighted by molar-refractivity contribution is -0.150. The molecule has 1 aromatic carbocycles. The zero-order chi connectivity index (χ0) is 24.7. The number of pyridine rings is 1. The van der Waals surface area contributed by atoms with E-state index in [0.717, 1.165) is 41.6 Å². The molecule has 1 amide bonds. The topological polar surface area (TPSA) is 75.4 Å². The van der Waals surface area contributed by atoms with Crippen molar-refractivity contribution in [1.82, 2.24) is 14.5 Å². The molecule has 0 atom stereocenters. The van der Waals surface area contributed by atoms with Crippen molar-refractivity contribution in [2.75, 3.05) is 6.54 Å². The fourth-order valence-electron chi connectivity index (χ4n) is 5.57. The Balaban J connectivity index is 1.36. The first kappa shape index (κ1) is 23.8. The van der Waals surface area contributed by atoms with Crippen LogP contribution in [-0.2, 0) is 29.1 Å². The Hall–Kier alpha value is -2.93. The van der Waals surface area contributed by atoms with Crippen molar-refractivity contribution in [3.63, 3.8) is 0 Å². The molecule has 3 aromatic rings. The third-order valence-corrected chi connectivity index (χ3v) is 8.17. The van der Waals surface area contributed by atoms with Crippen LogP contribution in [0.5, 0.6) is 0 Å². The summed E-state index contributed by atoms with van der Waals surface area (Å²) in [7, 11) is 0. The van der Waals surface area contributed by atoms with Gasteiger partial charge in [0.05, 0.1) is 17.0 Å². The maximum absolute atomic E-state index is 13.7. The minimum absolute atomic E-state index is 0.0871. The molecular formula is C27H29ClFN3O3. The van der Waals surface area contributed by atoms with Crippen molar-refractivity contribution >= 4 is 34.5 Å². The number of carbonyl (C=O) groups is 2. The first-order valence-electron chi connectivity index (χ1n) is 12.2. The molecule has 0 bridgehead atoms. The van der Waals surface area contributed by atoms with E-state index in [1.54, 1.807) is 25.3 Å². The monoisotopic (exact) mass is 497 g/mol. The SMILES string of the molecule is C[C@]1(C(=O)O)CC[C@@H](CC(=O)N2CCc3c(n(Cc4ccc(F)c(Cl)c4)c4ncccc34)C2)CC1. The molecule has 0 radical (unpaired) electrons. The molecule has 2 aliphatic rings. The lowest BCUT2D eigenvalue weighted by Gasteiger charge is -2.35. The Morgan fingerprint density at radius 1 is 1.26 bits per heavy atom. The van der Waals surface area contributed by atoms with Gasteiger partial charge in [0, 0.05) is 36.8 Å². The standard InChI is InChI=1S/C27H29ClFN3O3/c1-27(26(34)35)9-6-17(7-10-27)14-24(33)31-12-8-19-20-3-2-11-30-25(20)32(23(19)16-31)15-18-4-5-22(29)21(28)13-18/h2-5,11,13,17H,6-10,12,14-16H2,1H3,(H,34,35)/t17-,27+. The molecule has 0 saturated heterocycles. The highest BCUT2D eigenvalue weighted by molar-refractivity contribution is 6.30. The Bertz CT molecular complexity index is 1300.